The molecule has 0 bridgehead atoms. The molecule has 2 N–H and O–H groups in total. The number of thioether (sulfide) groups is 1. The fourth-order valence-corrected chi connectivity index (χ4v) is 3.11. The number of halogens is 1. The Bertz CT molecular complexity index is 304. The van der Waals surface area contributed by atoms with E-state index in [9.17, 15) is 9.59 Å². The second-order valence-corrected chi connectivity index (χ2v) is 6.66. The van der Waals surface area contributed by atoms with Crippen LogP contribution in [-0.2, 0) is 4.79 Å². The first kappa shape index (κ1) is 15.6. The highest BCUT2D eigenvalue weighted by atomic mass is 35.5. The molecule has 0 saturated heterocycles. The SMILES string of the molecule is CSC1(CNC(=O)NC(=O)C(C)Cl)CCCCC1. The molecule has 0 aliphatic heterocycles. The Morgan fingerprint density at radius 2 is 1.94 bits per heavy atom. The van der Waals surface area contributed by atoms with Crippen molar-refractivity contribution < 1.29 is 9.59 Å². The topological polar surface area (TPSA) is 58.2 Å². The molecule has 4 nitrogen and oxygen atoms in total. The Labute approximate surface area is 118 Å². The van der Waals surface area contributed by atoms with Gasteiger partial charge in [-0.25, -0.2) is 4.79 Å². The molecule has 1 aliphatic carbocycles. The average molecular weight is 293 g/mol. The van der Waals surface area contributed by atoms with E-state index in [-0.39, 0.29) is 4.75 Å². The van der Waals surface area contributed by atoms with Gasteiger partial charge in [0, 0.05) is 11.3 Å². The smallest absolute Gasteiger partial charge is 0.321 e. The van der Waals surface area contributed by atoms with Crippen LogP contribution in [0.15, 0.2) is 0 Å². The van der Waals surface area contributed by atoms with Crippen LogP contribution in [0.3, 0.4) is 0 Å². The zero-order chi connectivity index (χ0) is 13.6. The fraction of sp³-hybridized carbons (Fsp3) is 0.833. The Hall–Kier alpha value is -0.420. The van der Waals surface area contributed by atoms with E-state index >= 15 is 0 Å². The lowest BCUT2D eigenvalue weighted by Crippen LogP contribution is -2.48. The summed E-state index contributed by atoms with van der Waals surface area (Å²) in [5.41, 5.74) is 0. The molecule has 1 aliphatic rings. The predicted octanol–water partition coefficient (Wildman–Crippen LogP) is 2.51. The van der Waals surface area contributed by atoms with E-state index in [0.29, 0.717) is 6.54 Å². The molecule has 1 rings (SSSR count). The summed E-state index contributed by atoms with van der Waals surface area (Å²) in [6.07, 6.45) is 8.01. The molecule has 104 valence electrons. The molecule has 0 aromatic heterocycles. The monoisotopic (exact) mass is 292 g/mol. The summed E-state index contributed by atoms with van der Waals surface area (Å²) in [6.45, 7) is 2.14. The highest BCUT2D eigenvalue weighted by Gasteiger charge is 2.31. The fourth-order valence-electron chi connectivity index (χ4n) is 2.15. The van der Waals surface area contributed by atoms with Crippen molar-refractivity contribution in [1.82, 2.24) is 10.6 Å². The molecule has 0 heterocycles. The number of urea groups is 1. The van der Waals surface area contributed by atoms with Crippen molar-refractivity contribution in [1.29, 1.82) is 0 Å². The normalized spacial score (nSPS) is 19.9. The Morgan fingerprint density at radius 3 is 2.44 bits per heavy atom. The van der Waals surface area contributed by atoms with E-state index in [1.54, 1.807) is 11.8 Å². The number of hydrogen-bond acceptors (Lipinski definition) is 3. The average Bonchev–Trinajstić information content (AvgIpc) is 2.37. The minimum Gasteiger partial charge on any atom is -0.336 e. The lowest BCUT2D eigenvalue weighted by molar-refractivity contribution is -0.119. The molecule has 3 amide bonds. The van der Waals surface area contributed by atoms with Crippen molar-refractivity contribution in [2.24, 2.45) is 0 Å². The Kier molecular flexibility index (Phi) is 6.29. The third-order valence-electron chi connectivity index (χ3n) is 3.37. The van der Waals surface area contributed by atoms with Crippen molar-refractivity contribution in [3.05, 3.63) is 0 Å². The van der Waals surface area contributed by atoms with Crippen molar-refractivity contribution in [3.63, 3.8) is 0 Å². The lowest BCUT2D eigenvalue weighted by Gasteiger charge is -2.35. The molecule has 1 unspecified atom stereocenters. The van der Waals surface area contributed by atoms with Crippen LogP contribution in [0.1, 0.15) is 39.0 Å². The lowest BCUT2D eigenvalue weighted by atomic mass is 9.88. The van der Waals surface area contributed by atoms with Gasteiger partial charge >= 0.3 is 6.03 Å². The minimum atomic E-state index is -0.694. The van der Waals surface area contributed by atoms with Gasteiger partial charge in [0.05, 0.1) is 0 Å². The first-order valence-corrected chi connectivity index (χ1v) is 7.93. The van der Waals surface area contributed by atoms with Crippen molar-refractivity contribution in [2.75, 3.05) is 12.8 Å². The van der Waals surface area contributed by atoms with Crippen molar-refractivity contribution in [3.8, 4) is 0 Å². The largest absolute Gasteiger partial charge is 0.336 e. The van der Waals surface area contributed by atoms with Gasteiger partial charge in [-0.1, -0.05) is 19.3 Å². The molecule has 0 radical (unpaired) electrons. The molecule has 1 atom stereocenters. The van der Waals surface area contributed by atoms with E-state index in [1.807, 2.05) is 0 Å². The molecule has 6 heteroatoms. The van der Waals surface area contributed by atoms with Crippen LogP contribution in [0.4, 0.5) is 4.79 Å². The highest BCUT2D eigenvalue weighted by Crippen LogP contribution is 2.37. The standard InChI is InChI=1S/C12H21ClN2O2S/c1-9(13)10(16)15-11(17)14-8-12(18-2)6-4-3-5-7-12/h9H,3-8H2,1-2H3,(H2,14,15,16,17). The number of rotatable bonds is 4. The molecule has 0 aromatic carbocycles. The zero-order valence-electron chi connectivity index (χ0n) is 10.9. The molecular weight excluding hydrogens is 272 g/mol. The molecule has 1 fully saturated rings. The second-order valence-electron chi connectivity index (χ2n) is 4.74. The van der Waals surface area contributed by atoms with Crippen molar-refractivity contribution >= 4 is 35.3 Å². The number of alkyl halides is 1. The number of carbonyl (C=O) groups excluding carboxylic acids is 2. The maximum absolute atomic E-state index is 11.5. The molecule has 1 saturated carbocycles. The van der Waals surface area contributed by atoms with Crippen LogP contribution in [0.25, 0.3) is 0 Å². The van der Waals surface area contributed by atoms with E-state index in [1.165, 1.54) is 26.2 Å². The first-order chi connectivity index (χ1) is 8.49. The summed E-state index contributed by atoms with van der Waals surface area (Å²) in [5, 5.41) is 4.32. The van der Waals surface area contributed by atoms with E-state index in [0.717, 1.165) is 12.8 Å². The van der Waals surface area contributed by atoms with E-state index < -0.39 is 17.3 Å². The quantitative estimate of drug-likeness (QED) is 0.783. The maximum Gasteiger partial charge on any atom is 0.321 e. The van der Waals surface area contributed by atoms with Crippen LogP contribution in [0.5, 0.6) is 0 Å². The van der Waals surface area contributed by atoms with E-state index in [4.69, 9.17) is 11.6 Å². The third kappa shape index (κ3) is 4.69. The van der Waals surface area contributed by atoms with Gasteiger partial charge in [0.15, 0.2) is 0 Å². The summed E-state index contributed by atoms with van der Waals surface area (Å²) in [5.74, 6) is -0.462. The summed E-state index contributed by atoms with van der Waals surface area (Å²) in [4.78, 5) is 22.8. The number of hydrogen-bond donors (Lipinski definition) is 2. The van der Waals surface area contributed by atoms with Gasteiger partial charge in [-0.2, -0.15) is 11.8 Å². The predicted molar refractivity (Wildman–Crippen MR) is 76.2 cm³/mol. The summed E-state index contributed by atoms with van der Waals surface area (Å²) in [6, 6.07) is -0.452. The van der Waals surface area contributed by atoms with Crippen LogP contribution < -0.4 is 10.6 Å². The molecular formula is C12H21ClN2O2S. The van der Waals surface area contributed by atoms with Gasteiger partial charge < -0.3 is 5.32 Å². The van der Waals surface area contributed by atoms with E-state index in [2.05, 4.69) is 16.9 Å². The Balaban J connectivity index is 2.38. The van der Waals surface area contributed by atoms with Gasteiger partial charge in [0.25, 0.3) is 0 Å². The van der Waals surface area contributed by atoms with Crippen molar-refractivity contribution in [2.45, 2.75) is 49.2 Å². The number of carbonyl (C=O) groups is 2. The zero-order valence-corrected chi connectivity index (χ0v) is 12.5. The molecule has 0 spiro atoms. The van der Waals surface area contributed by atoms with Gasteiger partial charge in [-0.05, 0) is 26.0 Å². The van der Waals surface area contributed by atoms with Crippen LogP contribution in [0, 0.1) is 0 Å². The van der Waals surface area contributed by atoms with Gasteiger partial charge in [0.2, 0.25) is 5.91 Å². The highest BCUT2D eigenvalue weighted by molar-refractivity contribution is 8.00. The third-order valence-corrected chi connectivity index (χ3v) is 4.98. The van der Waals surface area contributed by atoms with Crippen LogP contribution in [0.2, 0.25) is 0 Å². The summed E-state index contributed by atoms with van der Waals surface area (Å²) in [7, 11) is 0. The Morgan fingerprint density at radius 1 is 1.33 bits per heavy atom. The van der Waals surface area contributed by atoms with Gasteiger partial charge in [-0.15, -0.1) is 11.6 Å². The van der Waals surface area contributed by atoms with Crippen LogP contribution in [-0.4, -0.2) is 34.9 Å². The minimum absolute atomic E-state index is 0.130. The number of nitrogens with one attached hydrogen (secondary N) is 2. The first-order valence-electron chi connectivity index (χ1n) is 6.27. The molecule has 0 aromatic rings. The summed E-state index contributed by atoms with van der Waals surface area (Å²) < 4.78 is 0.130. The summed E-state index contributed by atoms with van der Waals surface area (Å²) >= 11 is 7.39. The number of imide groups is 1. The van der Waals surface area contributed by atoms with Gasteiger partial charge in [-0.3, -0.25) is 10.1 Å². The molecule has 18 heavy (non-hydrogen) atoms. The van der Waals surface area contributed by atoms with Crippen LogP contribution >= 0.6 is 23.4 Å². The number of amides is 3. The second kappa shape index (κ2) is 7.24. The maximum atomic E-state index is 11.5. The van der Waals surface area contributed by atoms with Gasteiger partial charge in [0.1, 0.15) is 5.38 Å².